The van der Waals surface area contributed by atoms with E-state index in [4.69, 9.17) is 14.2 Å². The largest absolute Gasteiger partial charge is 0.455 e. The van der Waals surface area contributed by atoms with Gasteiger partial charge in [0.25, 0.3) is 0 Å². The Labute approximate surface area is 98.3 Å². The second kappa shape index (κ2) is 5.44. The highest BCUT2D eigenvalue weighted by Gasteiger charge is 2.47. The van der Waals surface area contributed by atoms with Crippen LogP contribution in [0, 0.1) is 0 Å². The van der Waals surface area contributed by atoms with Crippen LogP contribution in [0.2, 0.25) is 0 Å². The Morgan fingerprint density at radius 1 is 1.06 bits per heavy atom. The number of aliphatic hydroxyl groups excluding tert-OH is 2. The molecular weight excluding hydrogens is 232 g/mol. The fourth-order valence-electron chi connectivity index (χ4n) is 1.65. The molecule has 0 bridgehead atoms. The third-order valence-corrected chi connectivity index (χ3v) is 2.38. The molecule has 0 aromatic heterocycles. The van der Waals surface area contributed by atoms with E-state index in [1.165, 1.54) is 6.92 Å². The highest BCUT2D eigenvalue weighted by Crippen LogP contribution is 2.24. The molecule has 1 fully saturated rings. The van der Waals surface area contributed by atoms with Crippen molar-refractivity contribution in [1.82, 2.24) is 0 Å². The quantitative estimate of drug-likeness (QED) is 0.601. The molecule has 0 aromatic rings. The van der Waals surface area contributed by atoms with E-state index < -0.39 is 42.6 Å². The van der Waals surface area contributed by atoms with Gasteiger partial charge in [-0.1, -0.05) is 0 Å². The Hall–Kier alpha value is -1.18. The summed E-state index contributed by atoms with van der Waals surface area (Å²) in [7, 11) is 0. The van der Waals surface area contributed by atoms with Crippen LogP contribution in [-0.4, -0.2) is 52.9 Å². The Morgan fingerprint density at radius 2 is 1.53 bits per heavy atom. The number of carbonyl (C=O) groups excluding carboxylic acids is 2. The summed E-state index contributed by atoms with van der Waals surface area (Å²) in [6.07, 6.45) is -5.73. The van der Waals surface area contributed by atoms with Crippen LogP contribution in [0.3, 0.4) is 0 Å². The van der Waals surface area contributed by atoms with Crippen LogP contribution in [0.15, 0.2) is 0 Å². The minimum absolute atomic E-state index is 0.646. The van der Waals surface area contributed by atoms with Crippen molar-refractivity contribution in [2.45, 2.75) is 51.5 Å². The fourth-order valence-corrected chi connectivity index (χ4v) is 1.65. The predicted octanol–water partition coefficient (Wildman–Crippen LogP) is -1.05. The molecule has 0 radical (unpaired) electrons. The lowest BCUT2D eigenvalue weighted by molar-refractivity contribution is -0.285. The Kier molecular flexibility index (Phi) is 4.44. The number of carbonyl (C=O) groups is 2. The van der Waals surface area contributed by atoms with Gasteiger partial charge in [0.05, 0.1) is 6.10 Å². The third kappa shape index (κ3) is 3.39. The Morgan fingerprint density at radius 3 is 2.00 bits per heavy atom. The molecule has 1 aliphatic rings. The number of hydrogen-bond acceptors (Lipinski definition) is 7. The topological polar surface area (TPSA) is 102 Å². The molecule has 1 aliphatic heterocycles. The first-order valence-corrected chi connectivity index (χ1v) is 5.19. The highest BCUT2D eigenvalue weighted by atomic mass is 16.7. The van der Waals surface area contributed by atoms with Crippen molar-refractivity contribution < 1.29 is 34.0 Å². The molecule has 0 amide bonds. The summed E-state index contributed by atoms with van der Waals surface area (Å²) in [6.45, 7) is 3.81. The predicted molar refractivity (Wildman–Crippen MR) is 53.7 cm³/mol. The zero-order chi connectivity index (χ0) is 13.2. The molecular formula is C10H16O7. The van der Waals surface area contributed by atoms with Crippen molar-refractivity contribution in [3.63, 3.8) is 0 Å². The monoisotopic (exact) mass is 248 g/mol. The van der Waals surface area contributed by atoms with Crippen molar-refractivity contribution in [2.24, 2.45) is 0 Å². The van der Waals surface area contributed by atoms with E-state index in [0.29, 0.717) is 0 Å². The standard InChI is InChI=1S/C10H16O7/c1-4-7(13)8(16-5(2)11)9(10(14)15-4)17-6(3)12/h4,7-10,13-14H,1-3H3/t4-,7+,8-,9-,10-/m1/s1. The van der Waals surface area contributed by atoms with E-state index in [2.05, 4.69) is 0 Å². The molecule has 98 valence electrons. The van der Waals surface area contributed by atoms with Gasteiger partial charge in [0.15, 0.2) is 18.5 Å². The zero-order valence-corrected chi connectivity index (χ0v) is 9.82. The molecule has 2 N–H and O–H groups in total. The third-order valence-electron chi connectivity index (χ3n) is 2.38. The highest BCUT2D eigenvalue weighted by molar-refractivity contribution is 5.67. The van der Waals surface area contributed by atoms with E-state index >= 15 is 0 Å². The van der Waals surface area contributed by atoms with E-state index in [9.17, 15) is 19.8 Å². The average molecular weight is 248 g/mol. The average Bonchev–Trinajstić information content (AvgIpc) is 2.19. The van der Waals surface area contributed by atoms with Crippen LogP contribution in [0.5, 0.6) is 0 Å². The number of aliphatic hydroxyl groups is 2. The SMILES string of the molecule is CC(=O)O[C@@H]1[C@@H](O)[C@@H](C)O[C@@H](O)[C@@H]1OC(C)=O. The van der Waals surface area contributed by atoms with Gasteiger partial charge in [-0.25, -0.2) is 0 Å². The number of ether oxygens (including phenoxy) is 3. The maximum atomic E-state index is 10.9. The molecule has 5 atom stereocenters. The lowest BCUT2D eigenvalue weighted by Crippen LogP contribution is -2.59. The number of rotatable bonds is 2. The first-order chi connectivity index (χ1) is 7.82. The normalized spacial score (nSPS) is 37.4. The summed E-state index contributed by atoms with van der Waals surface area (Å²) in [4.78, 5) is 21.8. The molecule has 0 saturated carbocycles. The van der Waals surface area contributed by atoms with Gasteiger partial charge in [0.1, 0.15) is 6.10 Å². The number of hydrogen-bond donors (Lipinski definition) is 2. The van der Waals surface area contributed by atoms with Gasteiger partial charge in [0, 0.05) is 13.8 Å². The van der Waals surface area contributed by atoms with Gasteiger partial charge < -0.3 is 24.4 Å². The van der Waals surface area contributed by atoms with Crippen molar-refractivity contribution in [3.8, 4) is 0 Å². The van der Waals surface area contributed by atoms with Crippen LogP contribution in [0.1, 0.15) is 20.8 Å². The summed E-state index contributed by atoms with van der Waals surface area (Å²) in [6, 6.07) is 0. The molecule has 0 aromatic carbocycles. The fraction of sp³-hybridized carbons (Fsp3) is 0.800. The van der Waals surface area contributed by atoms with Crippen LogP contribution < -0.4 is 0 Å². The summed E-state index contributed by atoms with van der Waals surface area (Å²) < 4.78 is 14.6. The van der Waals surface area contributed by atoms with Crippen LogP contribution in [0.4, 0.5) is 0 Å². The molecule has 7 nitrogen and oxygen atoms in total. The summed E-state index contributed by atoms with van der Waals surface area (Å²) in [5, 5.41) is 19.4. The second-order valence-electron chi connectivity index (χ2n) is 3.87. The molecule has 1 rings (SSSR count). The Balaban J connectivity index is 2.86. The van der Waals surface area contributed by atoms with Crippen LogP contribution in [-0.2, 0) is 23.8 Å². The molecule has 0 aliphatic carbocycles. The zero-order valence-electron chi connectivity index (χ0n) is 9.82. The van der Waals surface area contributed by atoms with Crippen molar-refractivity contribution in [1.29, 1.82) is 0 Å². The first-order valence-electron chi connectivity index (χ1n) is 5.19. The van der Waals surface area contributed by atoms with Gasteiger partial charge in [0.2, 0.25) is 0 Å². The van der Waals surface area contributed by atoms with Crippen molar-refractivity contribution >= 4 is 11.9 Å². The smallest absolute Gasteiger partial charge is 0.303 e. The minimum atomic E-state index is -1.44. The van der Waals surface area contributed by atoms with E-state index in [1.54, 1.807) is 0 Å². The molecule has 7 heteroatoms. The molecule has 1 heterocycles. The lowest BCUT2D eigenvalue weighted by Gasteiger charge is -2.40. The minimum Gasteiger partial charge on any atom is -0.455 e. The second-order valence-corrected chi connectivity index (χ2v) is 3.87. The first kappa shape index (κ1) is 13.9. The van der Waals surface area contributed by atoms with Crippen molar-refractivity contribution in [3.05, 3.63) is 0 Å². The summed E-state index contributed by atoms with van der Waals surface area (Å²) in [5.41, 5.74) is 0. The molecule has 0 unspecified atom stereocenters. The summed E-state index contributed by atoms with van der Waals surface area (Å²) in [5.74, 6) is -1.32. The van der Waals surface area contributed by atoms with E-state index in [0.717, 1.165) is 13.8 Å². The Bertz CT molecular complexity index is 303. The van der Waals surface area contributed by atoms with Gasteiger partial charge >= 0.3 is 11.9 Å². The van der Waals surface area contributed by atoms with E-state index in [1.807, 2.05) is 0 Å². The van der Waals surface area contributed by atoms with Crippen molar-refractivity contribution in [2.75, 3.05) is 0 Å². The summed E-state index contributed by atoms with van der Waals surface area (Å²) >= 11 is 0. The molecule has 17 heavy (non-hydrogen) atoms. The van der Waals surface area contributed by atoms with E-state index in [-0.39, 0.29) is 0 Å². The molecule has 0 spiro atoms. The van der Waals surface area contributed by atoms with Gasteiger partial charge in [-0.15, -0.1) is 0 Å². The number of esters is 2. The van der Waals surface area contributed by atoms with Crippen LogP contribution >= 0.6 is 0 Å². The lowest BCUT2D eigenvalue weighted by atomic mass is 9.99. The molecule has 1 saturated heterocycles. The van der Waals surface area contributed by atoms with Gasteiger partial charge in [-0.2, -0.15) is 0 Å². The van der Waals surface area contributed by atoms with Gasteiger partial charge in [-0.3, -0.25) is 9.59 Å². The maximum Gasteiger partial charge on any atom is 0.303 e. The van der Waals surface area contributed by atoms with Crippen LogP contribution in [0.25, 0.3) is 0 Å². The maximum absolute atomic E-state index is 10.9. The van der Waals surface area contributed by atoms with Gasteiger partial charge in [-0.05, 0) is 6.92 Å².